The molecule has 0 saturated carbocycles. The van der Waals surface area contributed by atoms with Crippen LogP contribution < -0.4 is 5.32 Å². The maximum absolute atomic E-state index is 12.8. The van der Waals surface area contributed by atoms with E-state index in [-0.39, 0.29) is 12.8 Å². The zero-order valence-corrected chi connectivity index (χ0v) is 16.2. The average molecular weight is 431 g/mol. The number of aliphatic hydroxyl groups is 1. The van der Waals surface area contributed by atoms with E-state index in [4.69, 9.17) is 0 Å². The Morgan fingerprint density at radius 3 is 2.63 bits per heavy atom. The molecule has 27 heavy (non-hydrogen) atoms. The lowest BCUT2D eigenvalue weighted by atomic mass is 9.97. The number of aromatic nitrogens is 1. The summed E-state index contributed by atoms with van der Waals surface area (Å²) in [6.07, 6.45) is -0.0526. The summed E-state index contributed by atoms with van der Waals surface area (Å²) in [5, 5.41) is 14.6. The Bertz CT molecular complexity index is 971. The Hall–Kier alpha value is -2.64. The Morgan fingerprint density at radius 2 is 1.93 bits per heavy atom. The number of fused-ring (bicyclic) bond motifs is 1. The molecule has 0 bridgehead atoms. The van der Waals surface area contributed by atoms with Crippen molar-refractivity contribution in [2.75, 3.05) is 7.11 Å². The van der Waals surface area contributed by atoms with Gasteiger partial charge in [0.25, 0.3) is 5.91 Å². The van der Waals surface area contributed by atoms with Crippen molar-refractivity contribution in [2.45, 2.75) is 18.6 Å². The van der Waals surface area contributed by atoms with Gasteiger partial charge in [0, 0.05) is 27.4 Å². The zero-order valence-electron chi connectivity index (χ0n) is 14.7. The van der Waals surface area contributed by atoms with E-state index in [2.05, 4.69) is 31.0 Å². The number of esters is 1. The van der Waals surface area contributed by atoms with E-state index in [0.29, 0.717) is 11.3 Å². The molecule has 3 rings (SSSR count). The molecule has 3 N–H and O–H groups in total. The number of carbonyl (C=O) groups excluding carboxylic acids is 2. The van der Waals surface area contributed by atoms with Gasteiger partial charge >= 0.3 is 5.97 Å². The molecule has 1 atom stereocenters. The minimum absolute atomic E-state index is 0.0127. The molecule has 0 spiro atoms. The third kappa shape index (κ3) is 4.37. The van der Waals surface area contributed by atoms with E-state index in [1.54, 1.807) is 30.3 Å². The third-order valence-electron chi connectivity index (χ3n) is 4.32. The van der Waals surface area contributed by atoms with Crippen LogP contribution in [0.5, 0.6) is 0 Å². The maximum atomic E-state index is 12.8. The van der Waals surface area contributed by atoms with Gasteiger partial charge in [-0.3, -0.25) is 9.59 Å². The number of hydrogen-bond acceptors (Lipinski definition) is 4. The molecule has 2 aromatic carbocycles. The second-order valence-electron chi connectivity index (χ2n) is 6.17. The van der Waals surface area contributed by atoms with Crippen LogP contribution in [0.2, 0.25) is 0 Å². The summed E-state index contributed by atoms with van der Waals surface area (Å²) in [5.41, 5.74) is -0.0949. The quantitative estimate of drug-likeness (QED) is 0.412. The Kier molecular flexibility index (Phi) is 5.62. The summed E-state index contributed by atoms with van der Waals surface area (Å²) in [5.74, 6) is -0.937. The SMILES string of the molecule is COC(=O)CCC(O)(NC(=O)c1cc2cc(Br)ccc2[nH]1)c1ccccc1. The van der Waals surface area contributed by atoms with Crippen LogP contribution in [0.4, 0.5) is 0 Å². The maximum Gasteiger partial charge on any atom is 0.305 e. The molecular formula is C20H19BrN2O4. The van der Waals surface area contributed by atoms with Crippen molar-refractivity contribution in [3.05, 3.63) is 70.3 Å². The van der Waals surface area contributed by atoms with Crippen molar-refractivity contribution >= 4 is 38.7 Å². The first-order chi connectivity index (χ1) is 12.9. The molecular weight excluding hydrogens is 412 g/mol. The van der Waals surface area contributed by atoms with E-state index in [1.807, 2.05) is 24.3 Å². The fraction of sp³-hybridized carbons (Fsp3) is 0.200. The number of H-pyrrole nitrogens is 1. The summed E-state index contributed by atoms with van der Waals surface area (Å²) in [6, 6.07) is 16.0. The smallest absolute Gasteiger partial charge is 0.305 e. The Balaban J connectivity index is 1.87. The van der Waals surface area contributed by atoms with Gasteiger partial charge in [0.2, 0.25) is 0 Å². The number of rotatable bonds is 6. The summed E-state index contributed by atoms with van der Waals surface area (Å²) >= 11 is 3.40. The number of ether oxygens (including phenoxy) is 1. The second kappa shape index (κ2) is 7.94. The third-order valence-corrected chi connectivity index (χ3v) is 4.81. The predicted octanol–water partition coefficient (Wildman–Crippen LogP) is 3.46. The molecule has 1 amide bonds. The van der Waals surface area contributed by atoms with Gasteiger partial charge in [-0.15, -0.1) is 0 Å². The van der Waals surface area contributed by atoms with Gasteiger partial charge in [-0.2, -0.15) is 0 Å². The average Bonchev–Trinajstić information content (AvgIpc) is 3.10. The Morgan fingerprint density at radius 1 is 1.19 bits per heavy atom. The van der Waals surface area contributed by atoms with Crippen molar-refractivity contribution in [3.8, 4) is 0 Å². The molecule has 6 nitrogen and oxygen atoms in total. The molecule has 140 valence electrons. The lowest BCUT2D eigenvalue weighted by Crippen LogP contribution is -2.46. The number of aromatic amines is 1. The van der Waals surface area contributed by atoms with Gasteiger partial charge in [0.15, 0.2) is 5.72 Å². The van der Waals surface area contributed by atoms with Gasteiger partial charge in [-0.1, -0.05) is 46.3 Å². The molecule has 0 aliphatic rings. The van der Waals surface area contributed by atoms with E-state index in [9.17, 15) is 14.7 Å². The van der Waals surface area contributed by atoms with Gasteiger partial charge < -0.3 is 20.1 Å². The van der Waals surface area contributed by atoms with Gasteiger partial charge in [0.05, 0.1) is 13.5 Å². The lowest BCUT2D eigenvalue weighted by Gasteiger charge is -2.29. The van der Waals surface area contributed by atoms with Crippen LogP contribution in [0, 0.1) is 0 Å². The topological polar surface area (TPSA) is 91.4 Å². The molecule has 0 aliphatic carbocycles. The molecule has 1 heterocycles. The lowest BCUT2D eigenvalue weighted by molar-refractivity contribution is -0.142. The molecule has 0 saturated heterocycles. The van der Waals surface area contributed by atoms with Crippen LogP contribution in [-0.4, -0.2) is 29.1 Å². The van der Waals surface area contributed by atoms with Crippen LogP contribution in [0.15, 0.2) is 59.1 Å². The van der Waals surface area contributed by atoms with Crippen LogP contribution in [-0.2, 0) is 15.3 Å². The minimum atomic E-state index is -1.70. The van der Waals surface area contributed by atoms with Crippen LogP contribution in [0.3, 0.4) is 0 Å². The number of amides is 1. The van der Waals surface area contributed by atoms with E-state index >= 15 is 0 Å². The largest absolute Gasteiger partial charge is 0.469 e. The fourth-order valence-electron chi connectivity index (χ4n) is 2.86. The number of benzene rings is 2. The van der Waals surface area contributed by atoms with E-state index in [0.717, 1.165) is 15.4 Å². The molecule has 1 aromatic heterocycles. The normalized spacial score (nSPS) is 13.1. The van der Waals surface area contributed by atoms with Crippen LogP contribution >= 0.6 is 15.9 Å². The first-order valence-electron chi connectivity index (χ1n) is 8.37. The monoisotopic (exact) mass is 430 g/mol. The number of methoxy groups -OCH3 is 1. The first kappa shape index (κ1) is 19.1. The molecule has 7 heteroatoms. The number of nitrogens with one attached hydrogen (secondary N) is 2. The van der Waals surface area contributed by atoms with Crippen molar-refractivity contribution in [3.63, 3.8) is 0 Å². The van der Waals surface area contributed by atoms with Crippen molar-refractivity contribution in [2.24, 2.45) is 0 Å². The molecule has 3 aromatic rings. The first-order valence-corrected chi connectivity index (χ1v) is 9.16. The van der Waals surface area contributed by atoms with E-state index < -0.39 is 17.6 Å². The number of carbonyl (C=O) groups is 2. The molecule has 0 radical (unpaired) electrons. The highest BCUT2D eigenvalue weighted by molar-refractivity contribution is 9.10. The van der Waals surface area contributed by atoms with E-state index in [1.165, 1.54) is 7.11 Å². The zero-order chi connectivity index (χ0) is 19.4. The molecule has 0 aliphatic heterocycles. The van der Waals surface area contributed by atoms with Gasteiger partial charge in [-0.05, 0) is 24.3 Å². The molecule has 1 unspecified atom stereocenters. The minimum Gasteiger partial charge on any atom is -0.469 e. The number of halogens is 1. The summed E-state index contributed by atoms with van der Waals surface area (Å²) in [7, 11) is 1.28. The fourth-order valence-corrected chi connectivity index (χ4v) is 3.24. The van der Waals surface area contributed by atoms with Crippen LogP contribution in [0.1, 0.15) is 28.9 Å². The standard InChI is InChI=1S/C20H19BrN2O4/c1-27-18(24)9-10-20(26,14-5-3-2-4-6-14)23-19(25)17-12-13-11-15(21)7-8-16(13)22-17/h2-8,11-12,22,26H,9-10H2,1H3,(H,23,25). The van der Waals surface area contributed by atoms with Gasteiger partial charge in [0.1, 0.15) is 5.69 Å². The van der Waals surface area contributed by atoms with Crippen LogP contribution in [0.25, 0.3) is 10.9 Å². The highest BCUT2D eigenvalue weighted by Crippen LogP contribution is 2.26. The number of hydrogen-bond donors (Lipinski definition) is 3. The highest BCUT2D eigenvalue weighted by Gasteiger charge is 2.32. The Labute approximate surface area is 164 Å². The second-order valence-corrected chi connectivity index (χ2v) is 7.09. The summed E-state index contributed by atoms with van der Waals surface area (Å²) in [6.45, 7) is 0. The summed E-state index contributed by atoms with van der Waals surface area (Å²) < 4.78 is 5.55. The van der Waals surface area contributed by atoms with Gasteiger partial charge in [-0.25, -0.2) is 0 Å². The molecule has 0 fully saturated rings. The summed E-state index contributed by atoms with van der Waals surface area (Å²) in [4.78, 5) is 27.3. The predicted molar refractivity (Wildman–Crippen MR) is 105 cm³/mol. The van der Waals surface area contributed by atoms with Crippen molar-refractivity contribution in [1.82, 2.24) is 10.3 Å². The highest BCUT2D eigenvalue weighted by atomic mass is 79.9. The van der Waals surface area contributed by atoms with Crippen molar-refractivity contribution in [1.29, 1.82) is 0 Å². The van der Waals surface area contributed by atoms with Crippen molar-refractivity contribution < 1.29 is 19.4 Å².